The van der Waals surface area contributed by atoms with Crippen LogP contribution >= 0.6 is 11.8 Å². The molecule has 1 atom stereocenters. The fourth-order valence-electron chi connectivity index (χ4n) is 0.571. The molecule has 0 aromatic rings. The van der Waals surface area contributed by atoms with E-state index in [1.165, 1.54) is 0 Å². The lowest BCUT2D eigenvalue weighted by molar-refractivity contribution is -0.138. The summed E-state index contributed by atoms with van der Waals surface area (Å²) in [6.07, 6.45) is 3.46. The molecule has 60 valence electrons. The van der Waals surface area contributed by atoms with Crippen LogP contribution in [0.25, 0.3) is 0 Å². The van der Waals surface area contributed by atoms with Gasteiger partial charge in [0.2, 0.25) is 0 Å². The van der Waals surface area contributed by atoms with Gasteiger partial charge in [-0.05, 0) is 24.9 Å². The second-order valence-electron chi connectivity index (χ2n) is 2.08. The number of rotatable bonds is 5. The maximum atomic E-state index is 10.2. The Morgan fingerprint density at radius 3 is 2.80 bits per heavy atom. The van der Waals surface area contributed by atoms with Crippen molar-refractivity contribution in [2.24, 2.45) is 5.73 Å². The quantitative estimate of drug-likeness (QED) is 0.584. The first-order valence-corrected chi connectivity index (χ1v) is 4.55. The van der Waals surface area contributed by atoms with E-state index < -0.39 is 12.0 Å². The molecule has 3 nitrogen and oxygen atoms in total. The number of thioether (sulfide) groups is 1. The Hall–Kier alpha value is -0.220. The Kier molecular flexibility index (Phi) is 5.43. The van der Waals surface area contributed by atoms with E-state index in [-0.39, 0.29) is 0 Å². The van der Waals surface area contributed by atoms with Crippen molar-refractivity contribution in [2.45, 2.75) is 18.9 Å². The summed E-state index contributed by atoms with van der Waals surface area (Å²) in [5.41, 5.74) is 5.25. The fraction of sp³-hybridized carbons (Fsp3) is 0.833. The highest BCUT2D eigenvalue weighted by Gasteiger charge is 2.09. The van der Waals surface area contributed by atoms with Crippen LogP contribution in [-0.2, 0) is 4.79 Å². The molecular weight excluding hydrogens is 152 g/mol. The third-order valence-corrected chi connectivity index (χ3v) is 1.88. The summed E-state index contributed by atoms with van der Waals surface area (Å²) in [5.74, 6) is 0.0853. The molecule has 0 saturated carbocycles. The zero-order valence-electron chi connectivity index (χ0n) is 6.04. The summed E-state index contributed by atoms with van der Waals surface area (Å²) in [4.78, 5) is 10.2. The van der Waals surface area contributed by atoms with E-state index in [1.54, 1.807) is 11.8 Å². The largest absolute Gasteiger partial charge is 0.480 e. The number of aliphatic carboxylic acids is 1. The highest BCUT2D eigenvalue weighted by molar-refractivity contribution is 7.98. The molecule has 0 aliphatic carbocycles. The summed E-state index contributed by atoms with van der Waals surface area (Å²) >= 11 is 1.71. The van der Waals surface area contributed by atoms with E-state index >= 15 is 0 Å². The van der Waals surface area contributed by atoms with Crippen LogP contribution in [0.3, 0.4) is 0 Å². The maximum absolute atomic E-state index is 10.2. The molecule has 0 aromatic carbocycles. The second-order valence-corrected chi connectivity index (χ2v) is 3.07. The van der Waals surface area contributed by atoms with Crippen LogP contribution in [0.2, 0.25) is 0 Å². The molecule has 0 aliphatic heterocycles. The van der Waals surface area contributed by atoms with Crippen LogP contribution in [0.15, 0.2) is 0 Å². The smallest absolute Gasteiger partial charge is 0.320 e. The van der Waals surface area contributed by atoms with Gasteiger partial charge in [0.1, 0.15) is 6.04 Å². The Morgan fingerprint density at radius 1 is 1.80 bits per heavy atom. The van der Waals surface area contributed by atoms with Crippen molar-refractivity contribution in [1.82, 2.24) is 0 Å². The van der Waals surface area contributed by atoms with Gasteiger partial charge >= 0.3 is 5.97 Å². The monoisotopic (exact) mass is 165 g/mol. The lowest BCUT2D eigenvalue weighted by Gasteiger charge is -2.03. The molecule has 0 radical (unpaired) electrons. The molecular formula is C6H13NO2S. The minimum absolute atomic E-state index is 0.580. The van der Waals surface area contributed by atoms with Crippen molar-refractivity contribution in [3.63, 3.8) is 0 Å². The minimum Gasteiger partial charge on any atom is -0.480 e. The average molecular weight is 165 g/mol. The molecule has 0 amide bonds. The summed E-state index contributed by atoms with van der Waals surface area (Å²) < 4.78 is 0. The van der Waals surface area contributed by atoms with E-state index in [9.17, 15) is 4.79 Å². The molecule has 0 bridgehead atoms. The Balaban J connectivity index is 3.21. The van der Waals surface area contributed by atoms with Crippen LogP contribution < -0.4 is 5.73 Å². The molecule has 0 spiro atoms. The van der Waals surface area contributed by atoms with Gasteiger partial charge < -0.3 is 10.8 Å². The van der Waals surface area contributed by atoms with Gasteiger partial charge in [0, 0.05) is 0 Å². The Labute approximate surface area is 65.0 Å². The first-order valence-electron chi connectivity index (χ1n) is 3.15. The number of carboxylic acids is 1. The highest BCUT2D eigenvalue weighted by atomic mass is 32.2. The van der Waals surface area contributed by atoms with Crippen molar-refractivity contribution >= 4 is 17.7 Å². The summed E-state index contributed by atoms with van der Waals surface area (Å²) in [6.45, 7) is 0. The van der Waals surface area contributed by atoms with Gasteiger partial charge in [-0.3, -0.25) is 4.79 Å². The standard InChI is InChI=1S/C6H13NO2S/c1-10-4-2-3-5(7)6(8)9/h5H,2-4,7H2,1H3,(H,8,9)/t5-/m0/s1/i5+2. The van der Waals surface area contributed by atoms with E-state index in [0.717, 1.165) is 12.2 Å². The van der Waals surface area contributed by atoms with Crippen molar-refractivity contribution in [1.29, 1.82) is 0 Å². The molecule has 3 N–H and O–H groups in total. The van der Waals surface area contributed by atoms with Gasteiger partial charge in [0.25, 0.3) is 0 Å². The van der Waals surface area contributed by atoms with Gasteiger partial charge in [0.05, 0.1) is 0 Å². The zero-order chi connectivity index (χ0) is 7.98. The van der Waals surface area contributed by atoms with Gasteiger partial charge in [-0.1, -0.05) is 0 Å². The second kappa shape index (κ2) is 5.56. The maximum Gasteiger partial charge on any atom is 0.320 e. The summed E-state index contributed by atoms with van der Waals surface area (Å²) in [6, 6.07) is -0.674. The Morgan fingerprint density at radius 2 is 2.40 bits per heavy atom. The number of carbonyl (C=O) groups is 1. The summed E-state index contributed by atoms with van der Waals surface area (Å²) in [7, 11) is 0. The van der Waals surface area contributed by atoms with Crippen molar-refractivity contribution in [3.8, 4) is 0 Å². The molecule has 0 aliphatic rings. The summed E-state index contributed by atoms with van der Waals surface area (Å²) in [5, 5.41) is 8.35. The molecule has 0 unspecified atom stereocenters. The van der Waals surface area contributed by atoms with Crippen molar-refractivity contribution < 1.29 is 9.90 Å². The third-order valence-electron chi connectivity index (χ3n) is 1.18. The van der Waals surface area contributed by atoms with Gasteiger partial charge in [-0.25, -0.2) is 0 Å². The van der Waals surface area contributed by atoms with E-state index in [4.69, 9.17) is 10.8 Å². The van der Waals surface area contributed by atoms with Crippen molar-refractivity contribution in [3.05, 3.63) is 0 Å². The molecule has 0 aromatic heterocycles. The van der Waals surface area contributed by atoms with Gasteiger partial charge in [-0.15, -0.1) is 0 Å². The normalized spacial score (nSPS) is 13.0. The minimum atomic E-state index is -0.902. The molecule has 0 fully saturated rings. The highest BCUT2D eigenvalue weighted by Crippen LogP contribution is 2.01. The Bertz CT molecular complexity index is 108. The molecule has 10 heavy (non-hydrogen) atoms. The molecule has 0 saturated heterocycles. The third kappa shape index (κ3) is 4.64. The average Bonchev–Trinajstić information content (AvgIpc) is 1.88. The zero-order valence-corrected chi connectivity index (χ0v) is 6.86. The van der Waals surface area contributed by atoms with Crippen LogP contribution in [0.4, 0.5) is 0 Å². The first-order chi connectivity index (χ1) is 4.68. The fourth-order valence-corrected chi connectivity index (χ4v) is 1.03. The lowest BCUT2D eigenvalue weighted by atomic mass is 10.5. The SMILES string of the molecule is CSCCC[14C@H](N)C(=O)O. The van der Waals surface area contributed by atoms with E-state index in [2.05, 4.69) is 0 Å². The van der Waals surface area contributed by atoms with Crippen LogP contribution in [-0.4, -0.2) is 29.1 Å². The lowest BCUT2D eigenvalue weighted by Crippen LogP contribution is -2.29. The van der Waals surface area contributed by atoms with E-state index in [0.29, 0.717) is 6.42 Å². The van der Waals surface area contributed by atoms with Crippen molar-refractivity contribution in [2.75, 3.05) is 12.0 Å². The van der Waals surface area contributed by atoms with Crippen LogP contribution in [0.5, 0.6) is 0 Å². The molecule has 4 heteroatoms. The molecule has 0 rings (SSSR count). The molecule has 0 heterocycles. The predicted molar refractivity (Wildman–Crippen MR) is 43.2 cm³/mol. The number of hydrogen-bond donors (Lipinski definition) is 2. The first kappa shape index (κ1) is 9.78. The number of carboxylic acid groups (broad SMARTS) is 1. The number of nitrogens with two attached hydrogens (primary N) is 1. The number of hydrogen-bond acceptors (Lipinski definition) is 3. The topological polar surface area (TPSA) is 63.3 Å². The van der Waals surface area contributed by atoms with Crippen LogP contribution in [0.1, 0.15) is 12.8 Å². The van der Waals surface area contributed by atoms with Gasteiger partial charge in [-0.2, -0.15) is 11.8 Å². The van der Waals surface area contributed by atoms with Gasteiger partial charge in [0.15, 0.2) is 0 Å². The predicted octanol–water partition coefficient (Wildman–Crippen LogP) is 0.542. The van der Waals surface area contributed by atoms with Crippen LogP contribution in [0, 0.1) is 0 Å². The van der Waals surface area contributed by atoms with E-state index in [1.807, 2.05) is 6.26 Å².